The van der Waals surface area contributed by atoms with Gasteiger partial charge in [-0.2, -0.15) is 5.26 Å². The van der Waals surface area contributed by atoms with Crippen molar-refractivity contribution in [2.75, 3.05) is 19.8 Å². The lowest BCUT2D eigenvalue weighted by Crippen LogP contribution is -2.45. The molecule has 0 amide bonds. The van der Waals surface area contributed by atoms with E-state index < -0.39 is 5.54 Å². The molecule has 0 saturated carbocycles. The van der Waals surface area contributed by atoms with Crippen LogP contribution in [0.15, 0.2) is 30.3 Å². The van der Waals surface area contributed by atoms with Crippen molar-refractivity contribution in [2.45, 2.75) is 38.8 Å². The lowest BCUT2D eigenvalue weighted by molar-refractivity contribution is 0.0882. The van der Waals surface area contributed by atoms with Crippen LogP contribution in [0.2, 0.25) is 0 Å². The van der Waals surface area contributed by atoms with Crippen molar-refractivity contribution in [2.24, 2.45) is 0 Å². The van der Waals surface area contributed by atoms with E-state index >= 15 is 0 Å². The van der Waals surface area contributed by atoms with Crippen LogP contribution in [0.4, 0.5) is 0 Å². The van der Waals surface area contributed by atoms with Crippen molar-refractivity contribution < 1.29 is 9.47 Å². The Morgan fingerprint density at radius 3 is 2.50 bits per heavy atom. The number of hydrogen-bond donors (Lipinski definition) is 1. The molecule has 0 aliphatic carbocycles. The van der Waals surface area contributed by atoms with Gasteiger partial charge in [0.05, 0.1) is 12.7 Å². The molecule has 0 aliphatic rings. The summed E-state index contributed by atoms with van der Waals surface area (Å²) in [6.45, 7) is 7.55. The van der Waals surface area contributed by atoms with E-state index in [9.17, 15) is 5.26 Å². The van der Waals surface area contributed by atoms with Crippen LogP contribution in [0.5, 0.6) is 5.75 Å². The maximum absolute atomic E-state index is 9.19. The summed E-state index contributed by atoms with van der Waals surface area (Å²) in [5, 5.41) is 12.4. The lowest BCUT2D eigenvalue weighted by Gasteiger charge is -2.25. The predicted octanol–water partition coefficient (Wildman–Crippen LogP) is 2.75. The highest BCUT2D eigenvalue weighted by Gasteiger charge is 2.23. The molecule has 0 aromatic heterocycles. The fraction of sp³-hybridized carbons (Fsp3) is 0.562. The molecule has 1 rings (SSSR count). The molecule has 1 aromatic carbocycles. The monoisotopic (exact) mass is 276 g/mol. The van der Waals surface area contributed by atoms with Gasteiger partial charge in [-0.25, -0.2) is 0 Å². The summed E-state index contributed by atoms with van der Waals surface area (Å²) in [6.07, 6.45) is 0.660. The molecule has 1 atom stereocenters. The van der Waals surface area contributed by atoms with Crippen molar-refractivity contribution in [3.8, 4) is 11.8 Å². The summed E-state index contributed by atoms with van der Waals surface area (Å²) in [5.74, 6) is 0.847. The first-order valence-electron chi connectivity index (χ1n) is 7.00. The van der Waals surface area contributed by atoms with Gasteiger partial charge >= 0.3 is 0 Å². The summed E-state index contributed by atoms with van der Waals surface area (Å²) >= 11 is 0. The van der Waals surface area contributed by atoms with Gasteiger partial charge in [-0.05, 0) is 32.9 Å². The van der Waals surface area contributed by atoms with Gasteiger partial charge in [0.25, 0.3) is 0 Å². The first-order chi connectivity index (χ1) is 9.56. The van der Waals surface area contributed by atoms with E-state index in [1.54, 1.807) is 0 Å². The normalized spacial score (nSPS) is 13.8. The zero-order valence-electron chi connectivity index (χ0n) is 12.6. The first-order valence-corrected chi connectivity index (χ1v) is 7.00. The molecule has 0 aliphatic heterocycles. The molecule has 0 radical (unpaired) electrons. The molecular weight excluding hydrogens is 252 g/mol. The number of rotatable bonds is 9. The third kappa shape index (κ3) is 6.55. The quantitative estimate of drug-likeness (QED) is 0.705. The van der Waals surface area contributed by atoms with E-state index in [1.807, 2.05) is 51.1 Å². The summed E-state index contributed by atoms with van der Waals surface area (Å²) in [4.78, 5) is 0. The number of nitriles is 1. The maximum atomic E-state index is 9.19. The molecule has 110 valence electrons. The minimum Gasteiger partial charge on any atom is -0.491 e. The SMILES string of the molecule is CC(C)NC(C)(C#N)CCOCCOc1ccccc1. The van der Waals surface area contributed by atoms with E-state index in [4.69, 9.17) is 9.47 Å². The standard InChI is InChI=1S/C16H24N2O2/c1-14(2)18-16(3,13-17)9-10-19-11-12-20-15-7-5-4-6-8-15/h4-8,14,18H,9-12H2,1-3H3. The van der Waals surface area contributed by atoms with Crippen LogP contribution >= 0.6 is 0 Å². The average Bonchev–Trinajstić information content (AvgIpc) is 2.43. The fourth-order valence-corrected chi connectivity index (χ4v) is 1.91. The number of nitrogens with one attached hydrogen (secondary N) is 1. The van der Waals surface area contributed by atoms with Crippen LogP contribution in [0.3, 0.4) is 0 Å². The Hall–Kier alpha value is -1.57. The average molecular weight is 276 g/mol. The highest BCUT2D eigenvalue weighted by molar-refractivity contribution is 5.20. The van der Waals surface area contributed by atoms with Crippen LogP contribution in [0.1, 0.15) is 27.2 Å². The Balaban J connectivity index is 2.14. The fourth-order valence-electron chi connectivity index (χ4n) is 1.91. The van der Waals surface area contributed by atoms with Crippen LogP contribution in [0, 0.1) is 11.3 Å². The Bertz CT molecular complexity index is 414. The molecule has 4 nitrogen and oxygen atoms in total. The van der Waals surface area contributed by atoms with Crippen LogP contribution in [-0.4, -0.2) is 31.4 Å². The van der Waals surface area contributed by atoms with Gasteiger partial charge < -0.3 is 9.47 Å². The van der Waals surface area contributed by atoms with Gasteiger partial charge in [0.2, 0.25) is 0 Å². The van der Waals surface area contributed by atoms with Crippen LogP contribution in [0.25, 0.3) is 0 Å². The molecule has 0 bridgehead atoms. The molecule has 0 saturated heterocycles. The van der Waals surface area contributed by atoms with Gasteiger partial charge in [-0.3, -0.25) is 5.32 Å². The minimum absolute atomic E-state index is 0.279. The molecule has 1 unspecified atom stereocenters. The lowest BCUT2D eigenvalue weighted by atomic mass is 9.99. The second kappa shape index (κ2) is 8.57. The molecular formula is C16H24N2O2. The molecule has 0 spiro atoms. The zero-order valence-corrected chi connectivity index (χ0v) is 12.6. The van der Waals surface area contributed by atoms with Gasteiger partial charge in [0.1, 0.15) is 17.9 Å². The second-order valence-corrected chi connectivity index (χ2v) is 5.27. The summed E-state index contributed by atoms with van der Waals surface area (Å²) in [6, 6.07) is 12.2. The van der Waals surface area contributed by atoms with E-state index in [-0.39, 0.29) is 6.04 Å². The summed E-state index contributed by atoms with van der Waals surface area (Å²) in [5.41, 5.74) is -0.533. The van der Waals surface area contributed by atoms with Gasteiger partial charge in [0, 0.05) is 19.1 Å². The minimum atomic E-state index is -0.533. The van der Waals surface area contributed by atoms with Gasteiger partial charge in [0.15, 0.2) is 0 Å². The number of benzene rings is 1. The van der Waals surface area contributed by atoms with E-state index in [2.05, 4.69) is 11.4 Å². The van der Waals surface area contributed by atoms with Crippen molar-refractivity contribution in [3.05, 3.63) is 30.3 Å². The van der Waals surface area contributed by atoms with Crippen molar-refractivity contribution >= 4 is 0 Å². The molecule has 4 heteroatoms. The molecule has 0 heterocycles. The second-order valence-electron chi connectivity index (χ2n) is 5.27. The highest BCUT2D eigenvalue weighted by Crippen LogP contribution is 2.10. The first kappa shape index (κ1) is 16.5. The molecule has 0 fully saturated rings. The Kier molecular flexibility index (Phi) is 7.06. The smallest absolute Gasteiger partial charge is 0.119 e. The van der Waals surface area contributed by atoms with E-state index in [1.165, 1.54) is 0 Å². The van der Waals surface area contributed by atoms with Crippen LogP contribution < -0.4 is 10.1 Å². The Labute approximate surface area is 121 Å². The van der Waals surface area contributed by atoms with Gasteiger partial charge in [-0.15, -0.1) is 0 Å². The molecule has 1 aromatic rings. The maximum Gasteiger partial charge on any atom is 0.119 e. The molecule has 20 heavy (non-hydrogen) atoms. The van der Waals surface area contributed by atoms with Crippen molar-refractivity contribution in [1.82, 2.24) is 5.32 Å². The predicted molar refractivity (Wildman–Crippen MR) is 79.7 cm³/mol. The highest BCUT2D eigenvalue weighted by atomic mass is 16.5. The van der Waals surface area contributed by atoms with Crippen molar-refractivity contribution in [3.63, 3.8) is 0 Å². The summed E-state index contributed by atoms with van der Waals surface area (Å²) < 4.78 is 11.0. The van der Waals surface area contributed by atoms with Crippen molar-refractivity contribution in [1.29, 1.82) is 5.26 Å². The topological polar surface area (TPSA) is 54.3 Å². The Morgan fingerprint density at radius 1 is 1.20 bits per heavy atom. The molecule has 1 N–H and O–H groups in total. The number of nitrogens with zero attached hydrogens (tertiary/aromatic N) is 1. The van der Waals surface area contributed by atoms with Gasteiger partial charge in [-0.1, -0.05) is 18.2 Å². The van der Waals surface area contributed by atoms with E-state index in [0.717, 1.165) is 5.75 Å². The number of ether oxygens (including phenoxy) is 2. The zero-order chi connectivity index (χ0) is 14.8. The third-order valence-electron chi connectivity index (χ3n) is 2.84. The number of hydrogen-bond acceptors (Lipinski definition) is 4. The largest absolute Gasteiger partial charge is 0.491 e. The van der Waals surface area contributed by atoms with Crippen LogP contribution in [-0.2, 0) is 4.74 Å². The third-order valence-corrected chi connectivity index (χ3v) is 2.84. The van der Waals surface area contributed by atoms with E-state index in [0.29, 0.717) is 26.2 Å². The number of para-hydroxylation sites is 1. The summed E-state index contributed by atoms with van der Waals surface area (Å²) in [7, 11) is 0. The Morgan fingerprint density at radius 2 is 1.90 bits per heavy atom.